The highest BCUT2D eigenvalue weighted by atomic mass is 16.3. The summed E-state index contributed by atoms with van der Waals surface area (Å²) in [7, 11) is 0. The molecule has 0 amide bonds. The molecule has 2 atom stereocenters. The number of benzene rings is 1. The maximum Gasteiger partial charge on any atom is 0.0462 e. The summed E-state index contributed by atoms with van der Waals surface area (Å²) < 4.78 is 0. The van der Waals surface area contributed by atoms with E-state index in [1.165, 1.54) is 29.5 Å². The van der Waals surface area contributed by atoms with Crippen LogP contribution in [0.2, 0.25) is 0 Å². The van der Waals surface area contributed by atoms with Crippen molar-refractivity contribution in [2.24, 2.45) is 5.92 Å². The van der Waals surface area contributed by atoms with E-state index in [-0.39, 0.29) is 0 Å². The largest absolute Gasteiger partial charge is 0.396 e. The lowest BCUT2D eigenvalue weighted by atomic mass is 9.89. The second-order valence-corrected chi connectivity index (χ2v) is 4.51. The van der Waals surface area contributed by atoms with Crippen LogP contribution < -0.4 is 0 Å². The fourth-order valence-corrected chi connectivity index (χ4v) is 2.47. The third-order valence-corrected chi connectivity index (χ3v) is 3.40. The van der Waals surface area contributed by atoms with Crippen molar-refractivity contribution in [2.75, 3.05) is 6.61 Å². The summed E-state index contributed by atoms with van der Waals surface area (Å²) >= 11 is 0. The molecule has 14 heavy (non-hydrogen) atoms. The van der Waals surface area contributed by atoms with Crippen molar-refractivity contribution in [1.82, 2.24) is 0 Å². The molecule has 2 unspecified atom stereocenters. The van der Waals surface area contributed by atoms with Crippen molar-refractivity contribution < 1.29 is 5.11 Å². The summed E-state index contributed by atoms with van der Waals surface area (Å²) in [6.07, 6.45) is 2.39. The number of rotatable bonds is 2. The van der Waals surface area contributed by atoms with Gasteiger partial charge >= 0.3 is 0 Å². The van der Waals surface area contributed by atoms with Crippen LogP contribution in [-0.4, -0.2) is 11.7 Å². The molecular weight excluding hydrogens is 172 g/mol. The molecule has 1 nitrogen and oxygen atoms in total. The molecule has 0 heterocycles. The van der Waals surface area contributed by atoms with Gasteiger partial charge in [0.05, 0.1) is 0 Å². The summed E-state index contributed by atoms with van der Waals surface area (Å²) in [6.45, 7) is 4.58. The molecular formula is C13H18O. The maximum absolute atomic E-state index is 9.19. The van der Waals surface area contributed by atoms with Crippen LogP contribution >= 0.6 is 0 Å². The molecule has 1 aliphatic carbocycles. The van der Waals surface area contributed by atoms with Crippen molar-refractivity contribution in [3.8, 4) is 0 Å². The molecule has 0 saturated carbocycles. The first-order valence-corrected chi connectivity index (χ1v) is 5.42. The first-order valence-electron chi connectivity index (χ1n) is 5.42. The lowest BCUT2D eigenvalue weighted by Gasteiger charge is -2.18. The van der Waals surface area contributed by atoms with Gasteiger partial charge in [-0.1, -0.05) is 30.7 Å². The molecule has 0 aliphatic heterocycles. The van der Waals surface area contributed by atoms with Gasteiger partial charge in [-0.05, 0) is 42.7 Å². The van der Waals surface area contributed by atoms with E-state index >= 15 is 0 Å². The minimum absolute atomic E-state index is 0.304. The predicted molar refractivity (Wildman–Crippen MR) is 58.5 cm³/mol. The van der Waals surface area contributed by atoms with Crippen LogP contribution in [0, 0.1) is 12.8 Å². The van der Waals surface area contributed by atoms with Crippen LogP contribution in [0.1, 0.15) is 36.0 Å². The number of hydrogen-bond acceptors (Lipinski definition) is 1. The van der Waals surface area contributed by atoms with Crippen molar-refractivity contribution in [2.45, 2.75) is 32.6 Å². The van der Waals surface area contributed by atoms with Crippen LogP contribution in [0.3, 0.4) is 0 Å². The van der Waals surface area contributed by atoms with E-state index in [0.29, 0.717) is 18.4 Å². The van der Waals surface area contributed by atoms with Crippen LogP contribution in [0.4, 0.5) is 0 Å². The zero-order valence-corrected chi connectivity index (χ0v) is 8.96. The molecule has 1 aromatic rings. The van der Waals surface area contributed by atoms with Crippen LogP contribution in [0.15, 0.2) is 18.2 Å². The molecule has 1 aromatic carbocycles. The van der Waals surface area contributed by atoms with Gasteiger partial charge in [0.2, 0.25) is 0 Å². The van der Waals surface area contributed by atoms with Gasteiger partial charge in [0, 0.05) is 6.61 Å². The molecule has 76 valence electrons. The van der Waals surface area contributed by atoms with Crippen molar-refractivity contribution in [3.63, 3.8) is 0 Å². The summed E-state index contributed by atoms with van der Waals surface area (Å²) in [6, 6.07) is 6.72. The molecule has 0 spiro atoms. The van der Waals surface area contributed by atoms with E-state index in [0.717, 1.165) is 0 Å². The van der Waals surface area contributed by atoms with E-state index in [4.69, 9.17) is 0 Å². The highest BCUT2D eigenvalue weighted by molar-refractivity contribution is 5.38. The Morgan fingerprint density at radius 1 is 1.50 bits per heavy atom. The minimum Gasteiger partial charge on any atom is -0.396 e. The van der Waals surface area contributed by atoms with Crippen LogP contribution in [0.5, 0.6) is 0 Å². The molecule has 2 rings (SSSR count). The smallest absolute Gasteiger partial charge is 0.0462 e. The normalized spacial score (nSPS) is 22.1. The number of aliphatic hydroxyl groups is 1. The lowest BCUT2D eigenvalue weighted by Crippen LogP contribution is -2.10. The number of aliphatic hydroxyl groups excluding tert-OH is 1. The van der Waals surface area contributed by atoms with Crippen molar-refractivity contribution in [1.29, 1.82) is 0 Å². The first kappa shape index (κ1) is 9.72. The SMILES string of the molecule is Cc1ccc2c(c1)C(C(C)CO)CC2. The molecule has 1 N–H and O–H groups in total. The molecule has 0 radical (unpaired) electrons. The zero-order valence-electron chi connectivity index (χ0n) is 8.96. The quantitative estimate of drug-likeness (QED) is 0.760. The Bertz CT molecular complexity index is 330. The summed E-state index contributed by atoms with van der Waals surface area (Å²) in [5, 5.41) is 9.19. The Morgan fingerprint density at radius 3 is 3.00 bits per heavy atom. The van der Waals surface area contributed by atoms with Gasteiger partial charge in [-0.15, -0.1) is 0 Å². The van der Waals surface area contributed by atoms with E-state index < -0.39 is 0 Å². The first-order chi connectivity index (χ1) is 6.72. The average molecular weight is 190 g/mol. The topological polar surface area (TPSA) is 20.2 Å². The number of hydrogen-bond donors (Lipinski definition) is 1. The van der Waals surface area contributed by atoms with Crippen molar-refractivity contribution >= 4 is 0 Å². The minimum atomic E-state index is 0.304. The molecule has 1 aliphatic rings. The predicted octanol–water partition coefficient (Wildman–Crippen LogP) is 2.65. The number of aryl methyl sites for hydroxylation is 2. The molecule has 1 heteroatoms. The second-order valence-electron chi connectivity index (χ2n) is 4.51. The van der Waals surface area contributed by atoms with Gasteiger partial charge in [-0.3, -0.25) is 0 Å². The number of fused-ring (bicyclic) bond motifs is 1. The van der Waals surface area contributed by atoms with Gasteiger partial charge in [0.1, 0.15) is 0 Å². The van der Waals surface area contributed by atoms with Gasteiger partial charge in [-0.2, -0.15) is 0 Å². The average Bonchev–Trinajstić information content (AvgIpc) is 2.59. The van der Waals surface area contributed by atoms with Gasteiger partial charge in [0.25, 0.3) is 0 Å². The lowest BCUT2D eigenvalue weighted by molar-refractivity contribution is 0.215. The van der Waals surface area contributed by atoms with Gasteiger partial charge in [-0.25, -0.2) is 0 Å². The van der Waals surface area contributed by atoms with E-state index in [9.17, 15) is 5.11 Å². The Balaban J connectivity index is 2.33. The van der Waals surface area contributed by atoms with Crippen LogP contribution in [0.25, 0.3) is 0 Å². The Labute approximate surface area is 85.8 Å². The maximum atomic E-state index is 9.19. The molecule has 0 saturated heterocycles. The standard InChI is InChI=1S/C13H18O/c1-9-3-4-11-5-6-12(10(2)8-14)13(11)7-9/h3-4,7,10,12,14H,5-6,8H2,1-2H3. The molecule has 0 bridgehead atoms. The van der Waals surface area contributed by atoms with E-state index in [1.54, 1.807) is 0 Å². The summed E-state index contributed by atoms with van der Waals surface area (Å²) in [4.78, 5) is 0. The second kappa shape index (κ2) is 3.74. The highest BCUT2D eigenvalue weighted by Gasteiger charge is 2.26. The van der Waals surface area contributed by atoms with Gasteiger partial charge < -0.3 is 5.11 Å². The molecule has 0 aromatic heterocycles. The van der Waals surface area contributed by atoms with E-state index in [2.05, 4.69) is 32.0 Å². The summed E-state index contributed by atoms with van der Waals surface area (Å²) in [5.41, 5.74) is 4.30. The molecule has 0 fully saturated rings. The Morgan fingerprint density at radius 2 is 2.29 bits per heavy atom. The Kier molecular flexibility index (Phi) is 2.60. The zero-order chi connectivity index (χ0) is 10.1. The fourth-order valence-electron chi connectivity index (χ4n) is 2.47. The highest BCUT2D eigenvalue weighted by Crippen LogP contribution is 2.38. The fraction of sp³-hybridized carbons (Fsp3) is 0.538. The van der Waals surface area contributed by atoms with Crippen molar-refractivity contribution in [3.05, 3.63) is 34.9 Å². The van der Waals surface area contributed by atoms with Crippen LogP contribution in [-0.2, 0) is 6.42 Å². The Hall–Kier alpha value is -0.820. The third kappa shape index (κ3) is 1.57. The van der Waals surface area contributed by atoms with E-state index in [1.807, 2.05) is 0 Å². The monoisotopic (exact) mass is 190 g/mol. The summed E-state index contributed by atoms with van der Waals surface area (Å²) in [5.74, 6) is 0.980. The van der Waals surface area contributed by atoms with Gasteiger partial charge in [0.15, 0.2) is 0 Å². The third-order valence-electron chi connectivity index (χ3n) is 3.40.